The fourth-order valence-corrected chi connectivity index (χ4v) is 3.18. The molecular weight excluding hydrogens is 349 g/mol. The van der Waals surface area contributed by atoms with Crippen molar-refractivity contribution in [3.8, 4) is 5.69 Å². The van der Waals surface area contributed by atoms with E-state index in [0.29, 0.717) is 34.0 Å². The van der Waals surface area contributed by atoms with E-state index >= 15 is 0 Å². The molecule has 0 N–H and O–H groups in total. The van der Waals surface area contributed by atoms with E-state index in [1.807, 2.05) is 6.92 Å². The van der Waals surface area contributed by atoms with Gasteiger partial charge in [-0.1, -0.05) is 6.07 Å². The van der Waals surface area contributed by atoms with Crippen molar-refractivity contribution in [3.63, 3.8) is 0 Å². The molecule has 0 radical (unpaired) electrons. The van der Waals surface area contributed by atoms with Crippen molar-refractivity contribution in [1.82, 2.24) is 4.57 Å². The summed E-state index contributed by atoms with van der Waals surface area (Å²) >= 11 is 0. The Hall–Kier alpha value is -3.15. The van der Waals surface area contributed by atoms with E-state index in [1.54, 1.807) is 49.6 Å². The van der Waals surface area contributed by atoms with Gasteiger partial charge in [-0.3, -0.25) is 4.79 Å². The lowest BCUT2D eigenvalue weighted by molar-refractivity contribution is 0.0472. The van der Waals surface area contributed by atoms with Crippen molar-refractivity contribution in [2.75, 3.05) is 6.61 Å². The maximum absolute atomic E-state index is 13.5. The zero-order valence-corrected chi connectivity index (χ0v) is 15.6. The number of esters is 1. The third kappa shape index (κ3) is 3.69. The predicted molar refractivity (Wildman–Crippen MR) is 98.0 cm³/mol. The molecule has 6 heteroatoms. The summed E-state index contributed by atoms with van der Waals surface area (Å²) in [7, 11) is 0. The third-order valence-corrected chi connectivity index (χ3v) is 4.39. The summed E-state index contributed by atoms with van der Waals surface area (Å²) in [6, 6.07) is 9.44. The smallest absolute Gasteiger partial charge is 0.342 e. The molecule has 0 aliphatic heterocycles. The Morgan fingerprint density at radius 1 is 1.07 bits per heavy atom. The lowest BCUT2D eigenvalue weighted by Gasteiger charge is -2.10. The number of benzene rings is 1. The van der Waals surface area contributed by atoms with E-state index in [1.165, 1.54) is 12.1 Å². The first-order chi connectivity index (χ1) is 12.8. The molecule has 0 fully saturated rings. The first-order valence-electron chi connectivity index (χ1n) is 8.50. The second kappa shape index (κ2) is 7.23. The summed E-state index contributed by atoms with van der Waals surface area (Å²) in [6.45, 7) is 6.62. The topological polar surface area (TPSA) is 61.4 Å². The van der Waals surface area contributed by atoms with E-state index in [0.717, 1.165) is 5.69 Å². The van der Waals surface area contributed by atoms with Crippen LogP contribution in [0.1, 0.15) is 43.6 Å². The first kappa shape index (κ1) is 18.6. The Labute approximate surface area is 156 Å². The molecule has 0 saturated carbocycles. The molecule has 0 bridgehead atoms. The van der Waals surface area contributed by atoms with Gasteiger partial charge in [0.1, 0.15) is 22.9 Å². The molecule has 1 aromatic carbocycles. The molecule has 0 saturated heterocycles. The first-order valence-corrected chi connectivity index (χ1v) is 8.50. The number of halogens is 1. The molecule has 3 rings (SSSR count). The molecule has 3 aromatic rings. The van der Waals surface area contributed by atoms with E-state index < -0.39 is 5.97 Å². The van der Waals surface area contributed by atoms with Gasteiger partial charge in [0.05, 0.1) is 0 Å². The summed E-state index contributed by atoms with van der Waals surface area (Å²) in [4.78, 5) is 24.7. The molecule has 2 heterocycles. The Bertz CT molecular complexity index is 1030. The normalized spacial score (nSPS) is 10.9. The molecule has 0 amide bonds. The van der Waals surface area contributed by atoms with Gasteiger partial charge in [0.2, 0.25) is 5.78 Å². The summed E-state index contributed by atoms with van der Waals surface area (Å²) in [6.07, 6.45) is 0. The van der Waals surface area contributed by atoms with Gasteiger partial charge in [0, 0.05) is 22.6 Å². The van der Waals surface area contributed by atoms with Crippen molar-refractivity contribution in [3.05, 3.63) is 76.3 Å². The van der Waals surface area contributed by atoms with Crippen LogP contribution in [-0.2, 0) is 4.74 Å². The quantitative estimate of drug-likeness (QED) is 0.491. The molecular formula is C21H20FNO4. The van der Waals surface area contributed by atoms with E-state index in [2.05, 4.69) is 0 Å². The number of ketones is 1. The summed E-state index contributed by atoms with van der Waals surface area (Å²) in [5.41, 5.74) is 2.82. The lowest BCUT2D eigenvalue weighted by atomic mass is 10.1. The fraction of sp³-hybridized carbons (Fsp3) is 0.238. The van der Waals surface area contributed by atoms with Crippen molar-refractivity contribution < 1.29 is 23.1 Å². The van der Waals surface area contributed by atoms with Crippen molar-refractivity contribution in [2.45, 2.75) is 27.7 Å². The highest BCUT2D eigenvalue weighted by atomic mass is 19.1. The van der Waals surface area contributed by atoms with Crippen LogP contribution in [-0.4, -0.2) is 22.9 Å². The average Bonchev–Trinajstić information content (AvgIpc) is 3.10. The number of ether oxygens (including phenoxy) is 1. The second-order valence-electron chi connectivity index (χ2n) is 6.43. The van der Waals surface area contributed by atoms with Gasteiger partial charge >= 0.3 is 5.97 Å². The molecule has 0 atom stereocenters. The van der Waals surface area contributed by atoms with Crippen LogP contribution in [0.3, 0.4) is 0 Å². The van der Waals surface area contributed by atoms with Gasteiger partial charge in [-0.15, -0.1) is 0 Å². The molecule has 0 aliphatic rings. The number of aryl methyl sites for hydroxylation is 3. The van der Waals surface area contributed by atoms with Crippen LogP contribution in [0.4, 0.5) is 4.39 Å². The van der Waals surface area contributed by atoms with Crippen LogP contribution < -0.4 is 0 Å². The number of hydrogen-bond donors (Lipinski definition) is 0. The fourth-order valence-electron chi connectivity index (χ4n) is 3.18. The lowest BCUT2D eigenvalue weighted by Crippen LogP contribution is -2.15. The van der Waals surface area contributed by atoms with Crippen LogP contribution >= 0.6 is 0 Å². The number of aromatic nitrogens is 1. The van der Waals surface area contributed by atoms with Crippen LogP contribution in [0.15, 0.2) is 40.8 Å². The zero-order valence-electron chi connectivity index (χ0n) is 15.6. The Kier molecular flexibility index (Phi) is 4.99. The van der Waals surface area contributed by atoms with Gasteiger partial charge in [-0.2, -0.15) is 0 Å². The van der Waals surface area contributed by atoms with Gasteiger partial charge in [0.25, 0.3) is 0 Å². The Balaban J connectivity index is 1.79. The zero-order chi connectivity index (χ0) is 19.7. The van der Waals surface area contributed by atoms with E-state index in [9.17, 15) is 14.0 Å². The van der Waals surface area contributed by atoms with Crippen LogP contribution in [0.25, 0.3) is 5.69 Å². The van der Waals surface area contributed by atoms with Gasteiger partial charge in [-0.25, -0.2) is 9.18 Å². The SMILES string of the molecule is Cc1cc(C(=O)OCC(=O)c2cc(C)n(-c3cccc(F)c3)c2C)c(C)o1. The maximum atomic E-state index is 13.5. The summed E-state index contributed by atoms with van der Waals surface area (Å²) in [5.74, 6) is -0.222. The second-order valence-corrected chi connectivity index (χ2v) is 6.43. The van der Waals surface area contributed by atoms with Crippen molar-refractivity contribution in [2.24, 2.45) is 0 Å². The number of nitrogens with zero attached hydrogens (tertiary/aromatic N) is 1. The minimum Gasteiger partial charge on any atom is -0.466 e. The average molecular weight is 369 g/mol. The predicted octanol–water partition coefficient (Wildman–Crippen LogP) is 4.48. The number of carbonyl (C=O) groups excluding carboxylic acids is 2. The molecule has 27 heavy (non-hydrogen) atoms. The third-order valence-electron chi connectivity index (χ3n) is 4.39. The Morgan fingerprint density at radius 2 is 1.81 bits per heavy atom. The van der Waals surface area contributed by atoms with Crippen LogP contribution in [0, 0.1) is 33.5 Å². The highest BCUT2D eigenvalue weighted by Crippen LogP contribution is 2.22. The number of rotatable bonds is 5. The number of carbonyl (C=O) groups is 2. The van der Waals surface area contributed by atoms with Crippen molar-refractivity contribution >= 4 is 11.8 Å². The van der Waals surface area contributed by atoms with E-state index in [4.69, 9.17) is 9.15 Å². The van der Waals surface area contributed by atoms with E-state index in [-0.39, 0.29) is 18.2 Å². The van der Waals surface area contributed by atoms with Gasteiger partial charge < -0.3 is 13.7 Å². The van der Waals surface area contributed by atoms with Gasteiger partial charge in [0.15, 0.2) is 6.61 Å². The Morgan fingerprint density at radius 3 is 2.44 bits per heavy atom. The summed E-state index contributed by atoms with van der Waals surface area (Å²) < 4.78 is 25.8. The van der Waals surface area contributed by atoms with Crippen LogP contribution in [0.2, 0.25) is 0 Å². The standard InChI is InChI=1S/C21H20FNO4/c1-12-8-18(14(3)23(12)17-7-5-6-16(22)10-17)20(24)11-26-21(25)19-9-13(2)27-15(19)4/h5-10H,11H2,1-4H3. The molecule has 0 unspecified atom stereocenters. The number of hydrogen-bond acceptors (Lipinski definition) is 4. The minimum atomic E-state index is -0.600. The van der Waals surface area contributed by atoms with Crippen molar-refractivity contribution in [1.29, 1.82) is 0 Å². The number of Topliss-reactive ketones (excluding diaryl/α,β-unsaturated/α-hetero) is 1. The minimum absolute atomic E-state index is 0.311. The molecule has 2 aromatic heterocycles. The molecule has 140 valence electrons. The molecule has 5 nitrogen and oxygen atoms in total. The monoisotopic (exact) mass is 369 g/mol. The molecule has 0 spiro atoms. The van der Waals surface area contributed by atoms with Crippen LogP contribution in [0.5, 0.6) is 0 Å². The summed E-state index contributed by atoms with van der Waals surface area (Å²) in [5, 5.41) is 0. The number of furan rings is 1. The highest BCUT2D eigenvalue weighted by Gasteiger charge is 2.20. The maximum Gasteiger partial charge on any atom is 0.342 e. The molecule has 0 aliphatic carbocycles. The van der Waals surface area contributed by atoms with Gasteiger partial charge in [-0.05, 0) is 58.0 Å². The largest absolute Gasteiger partial charge is 0.466 e. The highest BCUT2D eigenvalue weighted by molar-refractivity contribution is 6.00.